The van der Waals surface area contributed by atoms with E-state index in [1.54, 1.807) is 0 Å². The molecular weight excluding hydrogens is 198 g/mol. The molecule has 0 amide bonds. The molecule has 0 aromatic heterocycles. The van der Waals surface area contributed by atoms with E-state index in [0.717, 1.165) is 18.4 Å². The first-order chi connectivity index (χ1) is 7.77. The van der Waals surface area contributed by atoms with Crippen molar-refractivity contribution in [2.24, 2.45) is 11.8 Å². The number of hydrogen-bond donors (Lipinski definition) is 2. The van der Waals surface area contributed by atoms with Crippen LogP contribution in [0.25, 0.3) is 0 Å². The molecule has 2 N–H and O–H groups in total. The van der Waals surface area contributed by atoms with Crippen molar-refractivity contribution in [1.29, 1.82) is 0 Å². The summed E-state index contributed by atoms with van der Waals surface area (Å²) in [5.74, 6) is 1.85. The summed E-state index contributed by atoms with van der Waals surface area (Å²) in [5.41, 5.74) is 0. The summed E-state index contributed by atoms with van der Waals surface area (Å²) >= 11 is 0. The normalized spacial score (nSPS) is 26.8. The van der Waals surface area contributed by atoms with Gasteiger partial charge in [0.25, 0.3) is 0 Å². The fourth-order valence-electron chi connectivity index (χ4n) is 2.49. The molecule has 0 spiro atoms. The zero-order valence-corrected chi connectivity index (χ0v) is 11.6. The number of rotatable bonds is 5. The Kier molecular flexibility index (Phi) is 10.0. The molecule has 0 bridgehead atoms. The van der Waals surface area contributed by atoms with E-state index >= 15 is 0 Å². The molecule has 1 unspecified atom stereocenters. The third-order valence-electron chi connectivity index (χ3n) is 3.77. The third kappa shape index (κ3) is 5.86. The molecular formula is C14H31NO. The Morgan fingerprint density at radius 1 is 1.19 bits per heavy atom. The average Bonchev–Trinajstić information content (AvgIpc) is 2.38. The topological polar surface area (TPSA) is 32.3 Å². The van der Waals surface area contributed by atoms with Crippen molar-refractivity contribution in [2.45, 2.75) is 65.8 Å². The van der Waals surface area contributed by atoms with Crippen LogP contribution in [0.2, 0.25) is 0 Å². The van der Waals surface area contributed by atoms with E-state index in [1.165, 1.54) is 32.1 Å². The maximum Gasteiger partial charge on any atom is 0.0556 e. The Morgan fingerprint density at radius 3 is 2.19 bits per heavy atom. The van der Waals surface area contributed by atoms with Gasteiger partial charge in [0.05, 0.1) is 6.61 Å². The first-order valence-corrected chi connectivity index (χ1v) is 7.12. The van der Waals surface area contributed by atoms with Gasteiger partial charge in [0.1, 0.15) is 0 Å². The maximum atomic E-state index is 8.71. The minimum Gasteiger partial charge on any atom is -0.395 e. The van der Waals surface area contributed by atoms with Crippen LogP contribution in [0, 0.1) is 11.8 Å². The molecule has 16 heavy (non-hydrogen) atoms. The largest absolute Gasteiger partial charge is 0.395 e. The molecule has 0 aromatic carbocycles. The molecule has 2 heteroatoms. The van der Waals surface area contributed by atoms with Crippen molar-refractivity contribution in [2.75, 3.05) is 13.2 Å². The molecule has 1 fully saturated rings. The van der Waals surface area contributed by atoms with E-state index < -0.39 is 0 Å². The Hall–Kier alpha value is -0.0800. The molecule has 0 radical (unpaired) electrons. The van der Waals surface area contributed by atoms with E-state index in [-0.39, 0.29) is 6.61 Å². The smallest absolute Gasteiger partial charge is 0.0556 e. The fourth-order valence-corrected chi connectivity index (χ4v) is 2.49. The van der Waals surface area contributed by atoms with E-state index in [1.807, 2.05) is 13.8 Å². The van der Waals surface area contributed by atoms with Crippen molar-refractivity contribution < 1.29 is 5.11 Å². The van der Waals surface area contributed by atoms with Crippen molar-refractivity contribution in [3.63, 3.8) is 0 Å². The lowest BCUT2D eigenvalue weighted by Gasteiger charge is -2.32. The molecule has 2 nitrogen and oxygen atoms in total. The van der Waals surface area contributed by atoms with Crippen LogP contribution in [0.15, 0.2) is 0 Å². The number of aliphatic hydroxyl groups excluding tert-OH is 1. The van der Waals surface area contributed by atoms with Gasteiger partial charge in [-0.2, -0.15) is 0 Å². The van der Waals surface area contributed by atoms with E-state index in [0.29, 0.717) is 6.04 Å². The predicted octanol–water partition coefficient (Wildman–Crippen LogP) is 3.20. The van der Waals surface area contributed by atoms with Crippen LogP contribution in [0.3, 0.4) is 0 Å². The van der Waals surface area contributed by atoms with Crippen LogP contribution in [-0.2, 0) is 0 Å². The van der Waals surface area contributed by atoms with Gasteiger partial charge in [-0.25, -0.2) is 0 Å². The van der Waals surface area contributed by atoms with Crippen LogP contribution in [0.1, 0.15) is 59.8 Å². The molecule has 0 saturated heterocycles. The zero-order chi connectivity index (χ0) is 12.4. The standard InChI is InChI=1S/C12H25NO.C2H6/c1-3-10(2)11-4-6-12(7-5-11)13-8-9-14;1-2/h10-14H,3-9H2,1-2H3;1-2H3. The Bertz CT molecular complexity index is 142. The molecule has 1 aliphatic rings. The number of nitrogens with one attached hydrogen (secondary N) is 1. The lowest BCUT2D eigenvalue weighted by atomic mass is 9.78. The number of aliphatic hydroxyl groups is 1. The summed E-state index contributed by atoms with van der Waals surface area (Å²) in [7, 11) is 0. The molecule has 1 aliphatic carbocycles. The van der Waals surface area contributed by atoms with E-state index in [9.17, 15) is 0 Å². The van der Waals surface area contributed by atoms with Crippen LogP contribution >= 0.6 is 0 Å². The second-order valence-electron chi connectivity index (χ2n) is 4.67. The first-order valence-electron chi connectivity index (χ1n) is 7.12. The van der Waals surface area contributed by atoms with Crippen molar-refractivity contribution in [3.8, 4) is 0 Å². The molecule has 0 aliphatic heterocycles. The van der Waals surface area contributed by atoms with Gasteiger partial charge in [-0.15, -0.1) is 0 Å². The van der Waals surface area contributed by atoms with Crippen molar-refractivity contribution >= 4 is 0 Å². The van der Waals surface area contributed by atoms with Gasteiger partial charge in [-0.05, 0) is 37.5 Å². The molecule has 0 heterocycles. The Balaban J connectivity index is 0.00000106. The summed E-state index contributed by atoms with van der Waals surface area (Å²) in [4.78, 5) is 0. The summed E-state index contributed by atoms with van der Waals surface area (Å²) in [6, 6.07) is 0.669. The van der Waals surface area contributed by atoms with Crippen LogP contribution in [-0.4, -0.2) is 24.3 Å². The van der Waals surface area contributed by atoms with Crippen molar-refractivity contribution in [1.82, 2.24) is 5.32 Å². The molecule has 0 aromatic rings. The van der Waals surface area contributed by atoms with Crippen LogP contribution in [0.4, 0.5) is 0 Å². The quantitative estimate of drug-likeness (QED) is 0.759. The van der Waals surface area contributed by atoms with Gasteiger partial charge in [0, 0.05) is 12.6 Å². The highest BCUT2D eigenvalue weighted by Gasteiger charge is 2.23. The highest BCUT2D eigenvalue weighted by atomic mass is 16.3. The van der Waals surface area contributed by atoms with Crippen molar-refractivity contribution in [3.05, 3.63) is 0 Å². The maximum absolute atomic E-state index is 8.71. The van der Waals surface area contributed by atoms with Gasteiger partial charge < -0.3 is 10.4 Å². The fraction of sp³-hybridized carbons (Fsp3) is 1.00. The van der Waals surface area contributed by atoms with Gasteiger partial charge >= 0.3 is 0 Å². The van der Waals surface area contributed by atoms with E-state index in [2.05, 4.69) is 19.2 Å². The monoisotopic (exact) mass is 229 g/mol. The average molecular weight is 229 g/mol. The second-order valence-corrected chi connectivity index (χ2v) is 4.67. The van der Waals surface area contributed by atoms with Gasteiger partial charge in [0.15, 0.2) is 0 Å². The lowest BCUT2D eigenvalue weighted by molar-refractivity contribution is 0.213. The highest BCUT2D eigenvalue weighted by molar-refractivity contribution is 4.79. The second kappa shape index (κ2) is 10.1. The van der Waals surface area contributed by atoms with Crippen LogP contribution in [0.5, 0.6) is 0 Å². The summed E-state index contributed by atoms with van der Waals surface area (Å²) in [6.45, 7) is 9.71. The van der Waals surface area contributed by atoms with Crippen LogP contribution < -0.4 is 5.32 Å². The summed E-state index contributed by atoms with van der Waals surface area (Å²) in [5, 5.41) is 12.1. The molecule has 1 rings (SSSR count). The summed E-state index contributed by atoms with van der Waals surface area (Å²) < 4.78 is 0. The zero-order valence-electron chi connectivity index (χ0n) is 11.6. The van der Waals surface area contributed by atoms with E-state index in [4.69, 9.17) is 5.11 Å². The van der Waals surface area contributed by atoms with Gasteiger partial charge in [0.2, 0.25) is 0 Å². The molecule has 1 atom stereocenters. The third-order valence-corrected chi connectivity index (χ3v) is 3.77. The number of hydrogen-bond acceptors (Lipinski definition) is 2. The Labute approximate surface area is 102 Å². The predicted molar refractivity (Wildman–Crippen MR) is 71.6 cm³/mol. The minimum atomic E-state index is 0.269. The minimum absolute atomic E-state index is 0.269. The SMILES string of the molecule is CC.CCC(C)C1CCC(NCCO)CC1. The lowest BCUT2D eigenvalue weighted by Crippen LogP contribution is -2.35. The van der Waals surface area contributed by atoms with Gasteiger partial charge in [-0.3, -0.25) is 0 Å². The molecule has 1 saturated carbocycles. The molecule has 98 valence electrons. The van der Waals surface area contributed by atoms with Gasteiger partial charge in [-0.1, -0.05) is 34.1 Å². The highest BCUT2D eigenvalue weighted by Crippen LogP contribution is 2.31. The summed E-state index contributed by atoms with van der Waals surface area (Å²) in [6.07, 6.45) is 6.67. The first kappa shape index (κ1) is 15.9. The Morgan fingerprint density at radius 2 is 1.75 bits per heavy atom.